The molecular formula is C25H27F3N4O3. The summed E-state index contributed by atoms with van der Waals surface area (Å²) in [6.45, 7) is 3.96. The van der Waals surface area contributed by atoms with Crippen LogP contribution < -0.4 is 11.2 Å². The second-order valence-electron chi connectivity index (χ2n) is 9.02. The van der Waals surface area contributed by atoms with E-state index in [0.29, 0.717) is 11.6 Å². The van der Waals surface area contributed by atoms with Gasteiger partial charge in [0.25, 0.3) is 5.56 Å². The van der Waals surface area contributed by atoms with E-state index in [1.165, 1.54) is 25.5 Å². The summed E-state index contributed by atoms with van der Waals surface area (Å²) in [7, 11) is 1.23. The van der Waals surface area contributed by atoms with E-state index in [4.69, 9.17) is 0 Å². The van der Waals surface area contributed by atoms with Gasteiger partial charge in [-0.2, -0.15) is 13.2 Å². The van der Waals surface area contributed by atoms with E-state index < -0.39 is 35.4 Å². The number of ketones is 1. The van der Waals surface area contributed by atoms with Crippen LogP contribution in [0.1, 0.15) is 59.5 Å². The minimum atomic E-state index is -4.72. The summed E-state index contributed by atoms with van der Waals surface area (Å²) in [4.78, 5) is 42.3. The zero-order valence-corrected chi connectivity index (χ0v) is 19.9. The van der Waals surface area contributed by atoms with E-state index in [1.54, 1.807) is 6.07 Å². The monoisotopic (exact) mass is 488 g/mol. The molecular weight excluding hydrogens is 461 g/mol. The van der Waals surface area contributed by atoms with Gasteiger partial charge in [-0.25, -0.2) is 9.78 Å². The lowest BCUT2D eigenvalue weighted by atomic mass is 9.97. The average Bonchev–Trinajstić information content (AvgIpc) is 3.11. The minimum Gasteiger partial charge on any atom is -0.348 e. The van der Waals surface area contributed by atoms with Gasteiger partial charge in [0, 0.05) is 30.5 Å². The molecule has 0 saturated heterocycles. The molecule has 0 atom stereocenters. The van der Waals surface area contributed by atoms with Gasteiger partial charge in [-0.05, 0) is 64.2 Å². The molecule has 0 N–H and O–H groups in total. The molecule has 7 nitrogen and oxygen atoms in total. The number of alkyl halides is 3. The van der Waals surface area contributed by atoms with E-state index in [2.05, 4.69) is 15.6 Å². The van der Waals surface area contributed by atoms with Gasteiger partial charge in [0.2, 0.25) is 0 Å². The third-order valence-electron chi connectivity index (χ3n) is 6.69. The van der Waals surface area contributed by atoms with Gasteiger partial charge < -0.3 is 4.57 Å². The van der Waals surface area contributed by atoms with Crippen molar-refractivity contribution in [1.82, 2.24) is 18.7 Å². The Balaban J connectivity index is 1.64. The molecule has 0 saturated carbocycles. The van der Waals surface area contributed by atoms with Gasteiger partial charge in [-0.1, -0.05) is 11.6 Å². The number of hydrogen-bond donors (Lipinski definition) is 0. The molecule has 186 valence electrons. The van der Waals surface area contributed by atoms with Crippen LogP contribution in [0.5, 0.6) is 0 Å². The van der Waals surface area contributed by atoms with Gasteiger partial charge in [0.15, 0.2) is 5.78 Å². The standard InChI is InChI=1S/C25H27F3N4O3/c1-15-13-19(16(2)31(15)12-11-17-7-5-4-6-8-17)20(33)14-32-23(34)18-9-10-21(25(26,27)28)29-22(18)30(3)24(32)35/h7,9-10,13H,4-6,8,11-12,14H2,1-3H3. The van der Waals surface area contributed by atoms with E-state index >= 15 is 0 Å². The molecule has 0 bridgehead atoms. The molecule has 3 heterocycles. The van der Waals surface area contributed by atoms with E-state index in [1.807, 2.05) is 13.8 Å². The Morgan fingerprint density at radius 3 is 2.51 bits per heavy atom. The second-order valence-corrected chi connectivity index (χ2v) is 9.02. The number of hydrogen-bond acceptors (Lipinski definition) is 4. The number of Topliss-reactive ketones (excluding diaryl/α,β-unsaturated/α-hetero) is 1. The maximum Gasteiger partial charge on any atom is 0.433 e. The Labute approximate surface area is 199 Å². The summed E-state index contributed by atoms with van der Waals surface area (Å²) in [6, 6.07) is 3.43. The van der Waals surface area contributed by atoms with Crippen LogP contribution in [0.3, 0.4) is 0 Å². The summed E-state index contributed by atoms with van der Waals surface area (Å²) < 4.78 is 42.8. The molecule has 0 fully saturated rings. The molecule has 0 spiro atoms. The van der Waals surface area contributed by atoms with Crippen LogP contribution in [-0.4, -0.2) is 24.5 Å². The number of aromatic nitrogens is 4. The Morgan fingerprint density at radius 1 is 1.11 bits per heavy atom. The van der Waals surface area contributed by atoms with Crippen molar-refractivity contribution >= 4 is 16.8 Å². The van der Waals surface area contributed by atoms with Gasteiger partial charge in [0.1, 0.15) is 11.3 Å². The first-order valence-corrected chi connectivity index (χ1v) is 11.5. The van der Waals surface area contributed by atoms with Gasteiger partial charge >= 0.3 is 11.9 Å². The normalized spacial score (nSPS) is 14.4. The first kappa shape index (κ1) is 24.7. The number of aryl methyl sites for hydroxylation is 2. The predicted octanol–water partition coefficient (Wildman–Crippen LogP) is 4.31. The SMILES string of the molecule is Cc1cc(C(=O)Cn2c(=O)c3ccc(C(F)(F)F)nc3n(C)c2=O)c(C)n1CCC1=CCCCC1. The van der Waals surface area contributed by atoms with Crippen LogP contribution in [0.25, 0.3) is 11.0 Å². The second kappa shape index (κ2) is 9.31. The molecule has 3 aromatic rings. The number of carbonyl (C=O) groups is 1. The molecule has 1 aliphatic carbocycles. The Bertz CT molecular complexity index is 1460. The first-order chi connectivity index (χ1) is 16.5. The Hall–Kier alpha value is -3.43. The third-order valence-corrected chi connectivity index (χ3v) is 6.69. The summed E-state index contributed by atoms with van der Waals surface area (Å²) >= 11 is 0. The number of halogens is 3. The Kier molecular flexibility index (Phi) is 6.57. The fraction of sp³-hybridized carbons (Fsp3) is 0.440. The highest BCUT2D eigenvalue weighted by Crippen LogP contribution is 2.28. The molecule has 1 aliphatic rings. The maximum absolute atomic E-state index is 13.1. The summed E-state index contributed by atoms with van der Waals surface area (Å²) in [5.41, 5.74) is 0.163. The number of rotatable bonds is 6. The molecule has 4 rings (SSSR count). The van der Waals surface area contributed by atoms with Crippen molar-refractivity contribution in [2.24, 2.45) is 7.05 Å². The number of fused-ring (bicyclic) bond motifs is 1. The molecule has 0 amide bonds. The van der Waals surface area contributed by atoms with Crippen molar-refractivity contribution in [3.8, 4) is 0 Å². The molecule has 0 radical (unpaired) electrons. The Morgan fingerprint density at radius 2 is 1.86 bits per heavy atom. The fourth-order valence-corrected chi connectivity index (χ4v) is 4.72. The van der Waals surface area contributed by atoms with Crippen molar-refractivity contribution in [3.05, 3.63) is 73.3 Å². The predicted molar refractivity (Wildman–Crippen MR) is 126 cm³/mol. The maximum atomic E-state index is 13.1. The minimum absolute atomic E-state index is 0.167. The van der Waals surface area contributed by atoms with Crippen molar-refractivity contribution in [1.29, 1.82) is 0 Å². The van der Waals surface area contributed by atoms with Crippen LogP contribution in [0.4, 0.5) is 13.2 Å². The quantitative estimate of drug-likeness (QED) is 0.383. The molecule has 0 aromatic carbocycles. The number of carbonyl (C=O) groups excluding carboxylic acids is 1. The van der Waals surface area contributed by atoms with Gasteiger partial charge in [-0.15, -0.1) is 0 Å². The van der Waals surface area contributed by atoms with E-state index in [0.717, 1.165) is 52.4 Å². The molecule has 35 heavy (non-hydrogen) atoms. The van der Waals surface area contributed by atoms with Gasteiger partial charge in [0.05, 0.1) is 11.9 Å². The average molecular weight is 489 g/mol. The largest absolute Gasteiger partial charge is 0.433 e. The fourth-order valence-electron chi connectivity index (χ4n) is 4.72. The van der Waals surface area contributed by atoms with Crippen LogP contribution in [0.2, 0.25) is 0 Å². The highest BCUT2D eigenvalue weighted by Gasteiger charge is 2.33. The zero-order valence-electron chi connectivity index (χ0n) is 19.9. The number of allylic oxidation sites excluding steroid dienone is 2. The summed E-state index contributed by atoms with van der Waals surface area (Å²) in [5, 5.41) is -0.167. The molecule has 0 unspecified atom stereocenters. The highest BCUT2D eigenvalue weighted by molar-refractivity contribution is 5.97. The van der Waals surface area contributed by atoms with Crippen LogP contribution in [0, 0.1) is 13.8 Å². The lowest BCUT2D eigenvalue weighted by Gasteiger charge is -2.15. The first-order valence-electron chi connectivity index (χ1n) is 11.5. The lowest BCUT2D eigenvalue weighted by molar-refractivity contribution is -0.141. The van der Waals surface area contributed by atoms with Crippen molar-refractivity contribution < 1.29 is 18.0 Å². The lowest BCUT2D eigenvalue weighted by Crippen LogP contribution is -2.41. The summed E-state index contributed by atoms with van der Waals surface area (Å²) in [6.07, 6.45) is 3.09. The number of pyridine rings is 1. The third kappa shape index (κ3) is 4.74. The topological polar surface area (TPSA) is 78.9 Å². The van der Waals surface area contributed by atoms with E-state index in [9.17, 15) is 27.6 Å². The van der Waals surface area contributed by atoms with Crippen LogP contribution >= 0.6 is 0 Å². The zero-order chi connectivity index (χ0) is 25.5. The van der Waals surface area contributed by atoms with Crippen molar-refractivity contribution in [2.75, 3.05) is 0 Å². The van der Waals surface area contributed by atoms with Crippen molar-refractivity contribution in [3.63, 3.8) is 0 Å². The van der Waals surface area contributed by atoms with Gasteiger partial charge in [-0.3, -0.25) is 18.7 Å². The summed E-state index contributed by atoms with van der Waals surface area (Å²) in [5.74, 6) is -0.417. The van der Waals surface area contributed by atoms with Crippen LogP contribution in [-0.2, 0) is 26.3 Å². The molecule has 3 aromatic heterocycles. The van der Waals surface area contributed by atoms with E-state index in [-0.39, 0.29) is 11.0 Å². The number of nitrogens with zero attached hydrogens (tertiary/aromatic N) is 4. The van der Waals surface area contributed by atoms with Crippen molar-refractivity contribution in [2.45, 2.75) is 65.2 Å². The molecule has 0 aliphatic heterocycles. The van der Waals surface area contributed by atoms with Crippen LogP contribution in [0.15, 0.2) is 39.4 Å². The highest BCUT2D eigenvalue weighted by atomic mass is 19.4. The molecule has 10 heteroatoms. The smallest absolute Gasteiger partial charge is 0.348 e.